The number of aromatic nitrogens is 4. The molecular formula is C16H16N6O3. The molecule has 9 heteroatoms. The number of aryl methyl sites for hydroxylation is 1. The van der Waals surface area contributed by atoms with Crippen LogP contribution in [0.5, 0.6) is 0 Å². The third-order valence-electron chi connectivity index (χ3n) is 3.64. The van der Waals surface area contributed by atoms with Crippen LogP contribution in [0.2, 0.25) is 0 Å². The summed E-state index contributed by atoms with van der Waals surface area (Å²) in [6, 6.07) is 5.18. The molecule has 0 spiro atoms. The van der Waals surface area contributed by atoms with Crippen LogP contribution in [-0.2, 0) is 12.5 Å². The molecule has 25 heavy (non-hydrogen) atoms. The minimum atomic E-state index is -2.80. The molecule has 0 atom stereocenters. The molecule has 0 saturated carbocycles. The first-order chi connectivity index (χ1) is 13.0. The Balaban J connectivity index is 2.26. The number of non-ortho nitro benzene ring substituents is 1. The van der Waals surface area contributed by atoms with Gasteiger partial charge in [-0.25, -0.2) is 14.8 Å². The number of benzene rings is 1. The highest BCUT2D eigenvalue weighted by atomic mass is 16.6. The van der Waals surface area contributed by atoms with Gasteiger partial charge in [-0.05, 0) is 26.0 Å². The van der Waals surface area contributed by atoms with Gasteiger partial charge >= 0.3 is 5.69 Å². The number of rotatable bonds is 4. The maximum atomic E-state index is 12.4. The molecule has 0 fully saturated rings. The van der Waals surface area contributed by atoms with E-state index in [2.05, 4.69) is 20.3 Å². The van der Waals surface area contributed by atoms with Crippen LogP contribution in [0.4, 0.5) is 11.5 Å². The van der Waals surface area contributed by atoms with E-state index in [0.29, 0.717) is 10.4 Å². The number of nitrogens with zero attached hydrogens (tertiary/aromatic N) is 5. The Bertz CT molecular complexity index is 1110. The summed E-state index contributed by atoms with van der Waals surface area (Å²) in [6.45, 7) is 0.681. The summed E-state index contributed by atoms with van der Waals surface area (Å²) in [5.41, 5.74) is -2.17. The van der Waals surface area contributed by atoms with Gasteiger partial charge in [0.05, 0.1) is 16.0 Å². The monoisotopic (exact) mass is 343 g/mol. The van der Waals surface area contributed by atoms with Crippen molar-refractivity contribution >= 4 is 22.4 Å². The molecule has 2 aromatic heterocycles. The maximum Gasteiger partial charge on any atom is 0.349 e. The van der Waals surface area contributed by atoms with Gasteiger partial charge < -0.3 is 5.32 Å². The number of nitro groups is 1. The third-order valence-corrected chi connectivity index (χ3v) is 3.64. The molecule has 1 N–H and O–H groups in total. The topological polar surface area (TPSA) is 116 Å². The molecule has 0 unspecified atom stereocenters. The molecule has 0 aliphatic carbocycles. The normalized spacial score (nSPS) is 13.8. The fraction of sp³-hybridized carbons (Fsp3) is 0.250. The zero-order valence-electron chi connectivity index (χ0n) is 16.4. The minimum Gasteiger partial charge on any atom is -0.357 e. The molecular weight excluding hydrogens is 324 g/mol. The van der Waals surface area contributed by atoms with Crippen LogP contribution < -0.4 is 11.0 Å². The fourth-order valence-corrected chi connectivity index (χ4v) is 2.40. The second-order valence-electron chi connectivity index (χ2n) is 5.86. The Morgan fingerprint density at radius 1 is 1.32 bits per heavy atom. The van der Waals surface area contributed by atoms with Crippen molar-refractivity contribution in [3.63, 3.8) is 0 Å². The molecule has 0 radical (unpaired) electrons. The first-order valence-electron chi connectivity index (χ1n) is 8.78. The molecule has 0 saturated heterocycles. The molecule has 3 rings (SSSR count). The van der Waals surface area contributed by atoms with Crippen molar-refractivity contribution < 1.29 is 9.04 Å². The number of anilines is 1. The molecule has 2 heterocycles. The number of nitrogens with one attached hydrogen (secondary N) is 1. The summed E-state index contributed by atoms with van der Waals surface area (Å²) < 4.78 is 23.3. The van der Waals surface area contributed by atoms with Gasteiger partial charge in [0.15, 0.2) is 5.82 Å². The van der Waals surface area contributed by atoms with Gasteiger partial charge in [0, 0.05) is 41.0 Å². The summed E-state index contributed by atoms with van der Waals surface area (Å²) in [7, 11) is 0. The van der Waals surface area contributed by atoms with Crippen LogP contribution in [-0.4, -0.2) is 24.4 Å². The van der Waals surface area contributed by atoms with Crippen molar-refractivity contribution in [3.05, 3.63) is 63.1 Å². The second kappa shape index (κ2) is 5.93. The van der Waals surface area contributed by atoms with Crippen molar-refractivity contribution in [2.24, 2.45) is 6.98 Å². The quantitative estimate of drug-likeness (QED) is 0.568. The first-order valence-corrected chi connectivity index (χ1v) is 7.28. The number of fused-ring (bicyclic) bond motifs is 1. The van der Waals surface area contributed by atoms with E-state index in [-0.39, 0.29) is 22.4 Å². The van der Waals surface area contributed by atoms with Gasteiger partial charge in [0.2, 0.25) is 0 Å². The lowest BCUT2D eigenvalue weighted by Gasteiger charge is -2.25. The van der Waals surface area contributed by atoms with E-state index in [4.69, 9.17) is 4.11 Å². The molecule has 3 aromatic rings. The summed E-state index contributed by atoms with van der Waals surface area (Å²) in [5, 5.41) is 14.3. The van der Waals surface area contributed by atoms with Gasteiger partial charge in [-0.2, -0.15) is 4.98 Å². The number of hydrogen-bond donors (Lipinski definition) is 1. The maximum absolute atomic E-state index is 12.4. The van der Waals surface area contributed by atoms with Crippen molar-refractivity contribution in [3.8, 4) is 0 Å². The van der Waals surface area contributed by atoms with E-state index in [1.807, 2.05) is 0 Å². The van der Waals surface area contributed by atoms with Crippen LogP contribution in [0.15, 0.2) is 41.5 Å². The van der Waals surface area contributed by atoms with Crippen LogP contribution >= 0.6 is 0 Å². The van der Waals surface area contributed by atoms with E-state index in [9.17, 15) is 14.9 Å². The first kappa shape index (κ1) is 13.0. The molecule has 0 aliphatic heterocycles. The molecule has 1 aromatic carbocycles. The predicted molar refractivity (Wildman–Crippen MR) is 92.3 cm³/mol. The number of hydrogen-bond acceptors (Lipinski definition) is 7. The standard InChI is InChI=1S/C16H16N6O3/c1-16(2,14-17-7-4-8-18-14)20-13-11-9-10(22(24)25)5-6-12(11)21(3)15(23)19-13/h4-9H,1-3H3,(H,19,20,23)/i3D3. The highest BCUT2D eigenvalue weighted by Crippen LogP contribution is 2.28. The highest BCUT2D eigenvalue weighted by Gasteiger charge is 2.25. The fourth-order valence-electron chi connectivity index (χ4n) is 2.40. The molecule has 0 amide bonds. The number of nitro benzene ring substituents is 1. The molecule has 0 aliphatic rings. The van der Waals surface area contributed by atoms with E-state index in [1.54, 1.807) is 32.3 Å². The van der Waals surface area contributed by atoms with Crippen LogP contribution in [0.25, 0.3) is 10.9 Å². The summed E-state index contributed by atoms with van der Waals surface area (Å²) in [5.74, 6) is 0.400. The van der Waals surface area contributed by atoms with Gasteiger partial charge in [-0.1, -0.05) is 0 Å². The zero-order valence-corrected chi connectivity index (χ0v) is 13.4. The summed E-state index contributed by atoms with van der Waals surface area (Å²) in [6.07, 6.45) is 3.10. The van der Waals surface area contributed by atoms with Crippen molar-refractivity contribution in [2.75, 3.05) is 5.32 Å². The zero-order chi connectivity index (χ0) is 20.7. The van der Waals surface area contributed by atoms with E-state index < -0.39 is 23.1 Å². The van der Waals surface area contributed by atoms with Crippen molar-refractivity contribution in [1.82, 2.24) is 19.5 Å². The lowest BCUT2D eigenvalue weighted by molar-refractivity contribution is -0.384. The van der Waals surface area contributed by atoms with Gasteiger partial charge in [-0.15, -0.1) is 0 Å². The molecule has 9 nitrogen and oxygen atoms in total. The van der Waals surface area contributed by atoms with Gasteiger partial charge in [-0.3, -0.25) is 14.7 Å². The summed E-state index contributed by atoms with van der Waals surface area (Å²) >= 11 is 0. The highest BCUT2D eigenvalue weighted by molar-refractivity contribution is 5.91. The average Bonchev–Trinajstić information content (AvgIpc) is 2.60. The van der Waals surface area contributed by atoms with Crippen molar-refractivity contribution in [2.45, 2.75) is 19.4 Å². The Hall–Kier alpha value is -3.36. The van der Waals surface area contributed by atoms with Crippen LogP contribution in [0.3, 0.4) is 0 Å². The van der Waals surface area contributed by atoms with E-state index >= 15 is 0 Å². The molecule has 128 valence electrons. The van der Waals surface area contributed by atoms with Gasteiger partial charge in [0.25, 0.3) is 5.69 Å². The third kappa shape index (κ3) is 3.03. The second-order valence-corrected chi connectivity index (χ2v) is 5.86. The predicted octanol–water partition coefficient (Wildman–Crippen LogP) is 1.98. The Labute approximate surface area is 146 Å². The SMILES string of the molecule is [2H]C([2H])([2H])n1c(=O)nc(NC(C)(C)c2ncccn2)c2cc([N+](=O)[O-])ccc21. The average molecular weight is 343 g/mol. The van der Waals surface area contributed by atoms with Gasteiger partial charge in [0.1, 0.15) is 5.82 Å². The van der Waals surface area contributed by atoms with Crippen LogP contribution in [0, 0.1) is 10.1 Å². The summed E-state index contributed by atoms with van der Waals surface area (Å²) in [4.78, 5) is 35.2. The lowest BCUT2D eigenvalue weighted by atomic mass is 10.0. The van der Waals surface area contributed by atoms with E-state index in [0.717, 1.165) is 6.07 Å². The largest absolute Gasteiger partial charge is 0.357 e. The van der Waals surface area contributed by atoms with Crippen LogP contribution in [0.1, 0.15) is 23.8 Å². The Morgan fingerprint density at radius 3 is 2.68 bits per heavy atom. The van der Waals surface area contributed by atoms with E-state index in [1.165, 1.54) is 12.1 Å². The molecule has 0 bridgehead atoms. The van der Waals surface area contributed by atoms with Crippen molar-refractivity contribution in [1.29, 1.82) is 0 Å². The lowest BCUT2D eigenvalue weighted by Crippen LogP contribution is -2.33. The Kier molecular flexibility index (Phi) is 3.08. The smallest absolute Gasteiger partial charge is 0.349 e. The Morgan fingerprint density at radius 2 is 2.04 bits per heavy atom. The minimum absolute atomic E-state index is 0.00153.